The Morgan fingerprint density at radius 3 is 1.95 bits per heavy atom. The molecule has 1 aliphatic rings. The van der Waals surface area contributed by atoms with Crippen LogP contribution in [0.4, 0.5) is 11.4 Å². The maximum absolute atomic E-state index is 10.3. The molecule has 0 aromatic heterocycles. The molecule has 0 amide bonds. The van der Waals surface area contributed by atoms with E-state index in [1.54, 1.807) is 11.8 Å². The van der Waals surface area contributed by atoms with E-state index >= 15 is 0 Å². The van der Waals surface area contributed by atoms with Gasteiger partial charge in [-0.1, -0.05) is 144 Å². The summed E-state index contributed by atoms with van der Waals surface area (Å²) >= 11 is 1.80. The molecule has 41 heavy (non-hydrogen) atoms. The molecule has 0 aliphatic carbocycles. The quantitative estimate of drug-likeness (QED) is 0.144. The van der Waals surface area contributed by atoms with Crippen molar-refractivity contribution in [3.8, 4) is 0 Å². The highest BCUT2D eigenvalue weighted by Gasteiger charge is 2.36. The van der Waals surface area contributed by atoms with Gasteiger partial charge in [0, 0.05) is 16.3 Å². The average molecular weight is 582 g/mol. The lowest BCUT2D eigenvalue weighted by Gasteiger charge is -2.39. The second-order valence-corrected chi connectivity index (χ2v) is 15.4. The maximum Gasteiger partial charge on any atom is 0.240 e. The first-order chi connectivity index (χ1) is 19.9. The van der Waals surface area contributed by atoms with Gasteiger partial charge in [-0.2, -0.15) is 0 Å². The molecule has 1 atom stereocenters. The Bertz CT molecular complexity index is 1380. The molecule has 0 spiro atoms. The Kier molecular flexibility index (Phi) is 9.71. The number of aliphatic hydroxyl groups excluding tert-OH is 1. The molecule has 4 aromatic rings. The van der Waals surface area contributed by atoms with Gasteiger partial charge in [-0.3, -0.25) is 0 Å². The molecular weight excluding hydrogens is 539 g/mol. The number of rotatable bonds is 11. The zero-order chi connectivity index (χ0) is 28.8. The van der Waals surface area contributed by atoms with Crippen molar-refractivity contribution in [2.45, 2.75) is 75.9 Å². The number of hydrogen-bond donors (Lipinski definition) is 1. The number of aliphatic hydroxyl groups is 1. The summed E-state index contributed by atoms with van der Waals surface area (Å²) in [4.78, 5) is 4.91. The molecule has 0 saturated heterocycles. The van der Waals surface area contributed by atoms with Crippen LogP contribution in [0.1, 0.15) is 70.6 Å². The third-order valence-corrected chi connectivity index (χ3v) is 11.7. The number of unbranched alkanes of at least 4 members (excludes halogenated alkanes) is 3. The summed E-state index contributed by atoms with van der Waals surface area (Å²) in [6.45, 7) is 10.1. The number of anilines is 2. The molecule has 0 bridgehead atoms. The standard InChI is InChI=1S/C36H43NO2SSi/c1-5-6-7-14-25-37-31-23-15-17-27(26-38)33(31)40-34-30(22-16-24-32(34)37)35(36(2,3)4)39-41(28-18-10-8-11-19-28)29-20-12-9-13-21-29/h8-13,15-24,35,38,41H,5-7,14,25-26H2,1-4H3. The van der Waals surface area contributed by atoms with Gasteiger partial charge in [0.2, 0.25) is 9.04 Å². The minimum absolute atomic E-state index is 0.0353. The van der Waals surface area contributed by atoms with Crippen molar-refractivity contribution in [3.63, 3.8) is 0 Å². The topological polar surface area (TPSA) is 32.7 Å². The van der Waals surface area contributed by atoms with Crippen LogP contribution < -0.4 is 15.3 Å². The SMILES string of the molecule is CCCCCCN1c2cccc(CO)c2Sc2c(C(O[SiH](c3ccccc3)c3ccccc3)C(C)(C)C)cccc21. The van der Waals surface area contributed by atoms with Crippen LogP contribution in [0, 0.1) is 5.41 Å². The van der Waals surface area contributed by atoms with Crippen LogP contribution in [-0.2, 0) is 11.0 Å². The van der Waals surface area contributed by atoms with E-state index in [0.29, 0.717) is 0 Å². The van der Waals surface area contributed by atoms with E-state index in [-0.39, 0.29) is 18.1 Å². The Balaban J connectivity index is 1.61. The maximum atomic E-state index is 10.3. The highest BCUT2D eigenvalue weighted by atomic mass is 32.2. The molecule has 1 heterocycles. The smallest absolute Gasteiger partial charge is 0.240 e. The van der Waals surface area contributed by atoms with Gasteiger partial charge in [-0.25, -0.2) is 0 Å². The number of fused-ring (bicyclic) bond motifs is 2. The molecule has 1 unspecified atom stereocenters. The van der Waals surface area contributed by atoms with Gasteiger partial charge in [0.25, 0.3) is 0 Å². The summed E-state index contributed by atoms with van der Waals surface area (Å²) in [7, 11) is -2.00. The monoisotopic (exact) mass is 581 g/mol. The molecule has 0 saturated carbocycles. The van der Waals surface area contributed by atoms with Crippen molar-refractivity contribution in [3.05, 3.63) is 108 Å². The van der Waals surface area contributed by atoms with E-state index < -0.39 is 9.04 Å². The molecule has 214 valence electrons. The number of benzene rings is 4. The van der Waals surface area contributed by atoms with E-state index in [2.05, 4.69) is 130 Å². The van der Waals surface area contributed by atoms with E-state index in [9.17, 15) is 5.11 Å². The summed E-state index contributed by atoms with van der Waals surface area (Å²) in [6.07, 6.45) is 4.73. The van der Waals surface area contributed by atoms with Gasteiger partial charge >= 0.3 is 0 Å². The van der Waals surface area contributed by atoms with Gasteiger partial charge < -0.3 is 14.4 Å². The van der Waals surface area contributed by atoms with Gasteiger partial charge in [-0.05, 0) is 45.5 Å². The van der Waals surface area contributed by atoms with Crippen molar-refractivity contribution in [1.82, 2.24) is 0 Å². The van der Waals surface area contributed by atoms with Crippen LogP contribution in [0.2, 0.25) is 0 Å². The molecule has 3 nitrogen and oxygen atoms in total. The molecule has 0 radical (unpaired) electrons. The Labute approximate surface area is 252 Å². The average Bonchev–Trinajstić information content (AvgIpc) is 2.99. The van der Waals surface area contributed by atoms with Crippen molar-refractivity contribution in [2.75, 3.05) is 11.4 Å². The van der Waals surface area contributed by atoms with E-state index in [1.165, 1.54) is 51.5 Å². The van der Waals surface area contributed by atoms with Crippen molar-refractivity contribution in [1.29, 1.82) is 0 Å². The van der Waals surface area contributed by atoms with Gasteiger partial charge in [-0.15, -0.1) is 0 Å². The van der Waals surface area contributed by atoms with E-state index in [1.807, 2.05) is 0 Å². The number of nitrogens with zero attached hydrogens (tertiary/aromatic N) is 1. The first-order valence-electron chi connectivity index (χ1n) is 15.0. The number of hydrogen-bond acceptors (Lipinski definition) is 4. The predicted octanol–water partition coefficient (Wildman–Crippen LogP) is 8.00. The lowest BCUT2D eigenvalue weighted by Crippen LogP contribution is -2.47. The highest BCUT2D eigenvalue weighted by Crippen LogP contribution is 2.54. The fraction of sp³-hybridized carbons (Fsp3) is 0.333. The molecule has 0 fully saturated rings. The van der Waals surface area contributed by atoms with E-state index in [4.69, 9.17) is 4.43 Å². The van der Waals surface area contributed by atoms with Gasteiger partial charge in [0.05, 0.1) is 24.1 Å². The molecule has 1 N–H and O–H groups in total. The second-order valence-electron chi connectivity index (χ2n) is 12.0. The highest BCUT2D eigenvalue weighted by molar-refractivity contribution is 7.99. The van der Waals surface area contributed by atoms with Crippen LogP contribution in [0.5, 0.6) is 0 Å². The Morgan fingerprint density at radius 1 is 0.756 bits per heavy atom. The molecule has 1 aliphatic heterocycles. The molecule has 5 rings (SSSR count). The van der Waals surface area contributed by atoms with Crippen LogP contribution in [0.15, 0.2) is 107 Å². The van der Waals surface area contributed by atoms with Gasteiger partial charge in [0.1, 0.15) is 0 Å². The molecular formula is C36H43NO2SSi. The minimum Gasteiger partial charge on any atom is -0.403 e. The largest absolute Gasteiger partial charge is 0.403 e. The fourth-order valence-corrected chi connectivity index (χ4v) is 9.75. The summed E-state index contributed by atoms with van der Waals surface area (Å²) in [5.41, 5.74) is 4.55. The molecule has 4 aromatic carbocycles. The van der Waals surface area contributed by atoms with Crippen LogP contribution in [0.3, 0.4) is 0 Å². The van der Waals surface area contributed by atoms with Crippen molar-refractivity contribution in [2.24, 2.45) is 5.41 Å². The zero-order valence-electron chi connectivity index (χ0n) is 24.8. The normalized spacial score (nSPS) is 13.7. The summed E-state index contributed by atoms with van der Waals surface area (Å²) in [6, 6.07) is 34.6. The Morgan fingerprint density at radius 2 is 1.37 bits per heavy atom. The Hall–Kier alpha value is -2.83. The van der Waals surface area contributed by atoms with E-state index in [0.717, 1.165) is 23.4 Å². The first-order valence-corrected chi connectivity index (χ1v) is 17.4. The second kappa shape index (κ2) is 13.4. The first kappa shape index (κ1) is 29.7. The molecule has 5 heteroatoms. The van der Waals surface area contributed by atoms with Crippen LogP contribution in [-0.4, -0.2) is 20.7 Å². The van der Waals surface area contributed by atoms with Crippen molar-refractivity contribution < 1.29 is 9.53 Å². The van der Waals surface area contributed by atoms with Crippen LogP contribution >= 0.6 is 11.8 Å². The van der Waals surface area contributed by atoms with Crippen LogP contribution in [0.25, 0.3) is 0 Å². The van der Waals surface area contributed by atoms with Crippen molar-refractivity contribution >= 4 is 42.6 Å². The summed E-state index contributed by atoms with van der Waals surface area (Å²) < 4.78 is 7.39. The minimum atomic E-state index is -2.00. The van der Waals surface area contributed by atoms with Gasteiger partial charge in [0.15, 0.2) is 0 Å². The lowest BCUT2D eigenvalue weighted by molar-refractivity contribution is 0.0874. The third-order valence-electron chi connectivity index (χ3n) is 7.84. The zero-order valence-corrected chi connectivity index (χ0v) is 26.8. The third kappa shape index (κ3) is 6.65. The predicted molar refractivity (Wildman–Crippen MR) is 177 cm³/mol. The summed E-state index contributed by atoms with van der Waals surface area (Å²) in [5.74, 6) is 0. The fourth-order valence-electron chi connectivity index (χ4n) is 5.75. The lowest BCUT2D eigenvalue weighted by atomic mass is 9.84. The summed E-state index contributed by atoms with van der Waals surface area (Å²) in [5, 5.41) is 12.9.